The number of rotatable bonds is 5. The normalized spacial score (nSPS) is 11.6. The lowest BCUT2D eigenvalue weighted by Gasteiger charge is -2.07. The second-order valence-corrected chi connectivity index (χ2v) is 4.85. The molecule has 0 bridgehead atoms. The van der Waals surface area contributed by atoms with E-state index in [1.165, 1.54) is 11.3 Å². The molecule has 0 saturated carbocycles. The first-order valence-corrected chi connectivity index (χ1v) is 6.61. The Hall–Kier alpha value is -2.19. The van der Waals surface area contributed by atoms with E-state index in [1.807, 2.05) is 36.6 Å². The van der Waals surface area contributed by atoms with Gasteiger partial charge in [0.2, 0.25) is 0 Å². The van der Waals surface area contributed by atoms with E-state index in [9.17, 15) is 4.79 Å². The molecule has 0 unspecified atom stereocenters. The first-order chi connectivity index (χ1) is 9.20. The van der Waals surface area contributed by atoms with Gasteiger partial charge >= 0.3 is 0 Å². The molecule has 5 heteroatoms. The number of carbonyl (C=O) groups is 1. The van der Waals surface area contributed by atoms with E-state index in [4.69, 9.17) is 10.00 Å². The van der Waals surface area contributed by atoms with Crippen LogP contribution >= 0.6 is 11.3 Å². The van der Waals surface area contributed by atoms with E-state index in [2.05, 4.69) is 4.98 Å². The molecular formula is C14H12N2O2S. The average molecular weight is 272 g/mol. The zero-order chi connectivity index (χ0) is 13.7. The lowest BCUT2D eigenvalue weighted by molar-refractivity contribution is -0.121. The van der Waals surface area contributed by atoms with E-state index in [0.717, 1.165) is 5.69 Å². The molecule has 2 rings (SSSR count). The molecule has 0 fully saturated rings. The molecule has 0 aliphatic carbocycles. The van der Waals surface area contributed by atoms with Gasteiger partial charge in [-0.2, -0.15) is 5.26 Å². The number of aromatic nitrogens is 1. The predicted molar refractivity (Wildman–Crippen MR) is 72.1 cm³/mol. The monoisotopic (exact) mass is 272 g/mol. The molecule has 0 spiro atoms. The van der Waals surface area contributed by atoms with Gasteiger partial charge in [-0.25, -0.2) is 4.98 Å². The van der Waals surface area contributed by atoms with E-state index >= 15 is 0 Å². The lowest BCUT2D eigenvalue weighted by atomic mass is 10.1. The standard InChI is InChI=1S/C14H12N2O2S/c1-10-9-19-14(16-10)12(7-15)13(17)8-18-11-5-3-2-4-6-11/h2-6,9,12H,8H2,1H3/t12-/m0/s1. The van der Waals surface area contributed by atoms with Crippen LogP contribution in [0.4, 0.5) is 0 Å². The number of hydrogen-bond donors (Lipinski definition) is 0. The molecule has 0 N–H and O–H groups in total. The number of Topliss-reactive ketones (excluding diaryl/α,β-unsaturated/α-hetero) is 1. The van der Waals surface area contributed by atoms with Crippen LogP contribution in [0, 0.1) is 18.3 Å². The number of ether oxygens (including phenoxy) is 1. The quantitative estimate of drug-likeness (QED) is 0.839. The van der Waals surface area contributed by atoms with Crippen molar-refractivity contribution >= 4 is 17.1 Å². The fraction of sp³-hybridized carbons (Fsp3) is 0.214. The molecular weight excluding hydrogens is 260 g/mol. The van der Waals surface area contributed by atoms with Gasteiger partial charge in [0.1, 0.15) is 17.4 Å². The maximum Gasteiger partial charge on any atom is 0.194 e. The molecule has 0 saturated heterocycles. The average Bonchev–Trinajstić information content (AvgIpc) is 2.85. The van der Waals surface area contributed by atoms with Crippen LogP contribution in [0.3, 0.4) is 0 Å². The van der Waals surface area contributed by atoms with Gasteiger partial charge in [0, 0.05) is 11.1 Å². The zero-order valence-corrected chi connectivity index (χ0v) is 11.2. The molecule has 4 nitrogen and oxygen atoms in total. The van der Waals surface area contributed by atoms with E-state index < -0.39 is 5.92 Å². The molecule has 1 aromatic heterocycles. The third-order valence-corrected chi connectivity index (χ3v) is 3.49. The molecule has 0 amide bonds. The second kappa shape index (κ2) is 6.12. The fourth-order valence-electron chi connectivity index (χ4n) is 1.52. The van der Waals surface area contributed by atoms with Crippen LogP contribution in [0.5, 0.6) is 5.75 Å². The number of hydrogen-bond acceptors (Lipinski definition) is 5. The van der Waals surface area contributed by atoms with Crippen molar-refractivity contribution in [3.63, 3.8) is 0 Å². The van der Waals surface area contributed by atoms with Crippen LogP contribution in [0.2, 0.25) is 0 Å². The van der Waals surface area contributed by atoms with Gasteiger partial charge in [-0.1, -0.05) is 18.2 Å². The van der Waals surface area contributed by atoms with E-state index in [-0.39, 0.29) is 12.4 Å². The van der Waals surface area contributed by atoms with Crippen molar-refractivity contribution in [1.29, 1.82) is 5.26 Å². The van der Waals surface area contributed by atoms with Crippen LogP contribution in [0.25, 0.3) is 0 Å². The predicted octanol–water partition coefficient (Wildman–Crippen LogP) is 2.71. The minimum absolute atomic E-state index is 0.124. The van der Waals surface area contributed by atoms with Crippen molar-refractivity contribution in [3.8, 4) is 11.8 Å². The summed E-state index contributed by atoms with van der Waals surface area (Å²) < 4.78 is 5.36. The van der Waals surface area contributed by atoms with E-state index in [1.54, 1.807) is 12.1 Å². The number of aryl methyl sites for hydroxylation is 1. The number of para-hydroxylation sites is 1. The molecule has 0 aliphatic rings. The Labute approximate surface area is 115 Å². The number of benzene rings is 1. The molecule has 96 valence electrons. The summed E-state index contributed by atoms with van der Waals surface area (Å²) in [5, 5.41) is 11.5. The minimum atomic E-state index is -0.845. The summed E-state index contributed by atoms with van der Waals surface area (Å²) in [6.07, 6.45) is 0. The van der Waals surface area contributed by atoms with Gasteiger partial charge in [-0.3, -0.25) is 4.79 Å². The summed E-state index contributed by atoms with van der Waals surface area (Å²) in [6, 6.07) is 11.0. The fourth-order valence-corrected chi connectivity index (χ4v) is 2.39. The number of thiazole rings is 1. The van der Waals surface area contributed by atoms with Crippen LogP contribution < -0.4 is 4.74 Å². The Balaban J connectivity index is 2.00. The molecule has 0 radical (unpaired) electrons. The Bertz CT molecular complexity index is 601. The summed E-state index contributed by atoms with van der Waals surface area (Å²) in [6.45, 7) is 1.71. The van der Waals surface area contributed by atoms with Crippen molar-refractivity contribution < 1.29 is 9.53 Å². The smallest absolute Gasteiger partial charge is 0.194 e. The van der Waals surface area contributed by atoms with Crippen LogP contribution in [0.15, 0.2) is 35.7 Å². The first kappa shape index (κ1) is 13.2. The summed E-state index contributed by atoms with van der Waals surface area (Å²) in [7, 11) is 0. The summed E-state index contributed by atoms with van der Waals surface area (Å²) in [5.41, 5.74) is 0.817. The topological polar surface area (TPSA) is 63.0 Å². The van der Waals surface area contributed by atoms with Gasteiger partial charge in [-0.05, 0) is 19.1 Å². The van der Waals surface area contributed by atoms with Crippen molar-refractivity contribution in [2.45, 2.75) is 12.8 Å². The highest BCUT2D eigenvalue weighted by Gasteiger charge is 2.23. The summed E-state index contributed by atoms with van der Waals surface area (Å²) in [5.74, 6) is -0.508. The summed E-state index contributed by atoms with van der Waals surface area (Å²) >= 11 is 1.32. The molecule has 0 aliphatic heterocycles. The molecule has 1 aromatic carbocycles. The van der Waals surface area contributed by atoms with Crippen molar-refractivity contribution in [3.05, 3.63) is 46.4 Å². The molecule has 19 heavy (non-hydrogen) atoms. The van der Waals surface area contributed by atoms with Gasteiger partial charge in [0.05, 0.1) is 6.07 Å². The highest BCUT2D eigenvalue weighted by Crippen LogP contribution is 2.21. The number of ketones is 1. The Morgan fingerprint density at radius 3 is 2.79 bits per heavy atom. The Morgan fingerprint density at radius 1 is 1.47 bits per heavy atom. The molecule has 2 aromatic rings. The third kappa shape index (κ3) is 3.39. The summed E-state index contributed by atoms with van der Waals surface area (Å²) in [4.78, 5) is 16.2. The van der Waals surface area contributed by atoms with Gasteiger partial charge in [0.25, 0.3) is 0 Å². The Kier molecular flexibility index (Phi) is 4.26. The largest absolute Gasteiger partial charge is 0.486 e. The molecule has 1 atom stereocenters. The van der Waals surface area contributed by atoms with E-state index in [0.29, 0.717) is 10.8 Å². The third-order valence-electron chi connectivity index (χ3n) is 2.46. The maximum atomic E-state index is 12.0. The Morgan fingerprint density at radius 2 is 2.21 bits per heavy atom. The maximum absolute atomic E-state index is 12.0. The van der Waals surface area contributed by atoms with Gasteiger partial charge in [0.15, 0.2) is 11.7 Å². The number of nitrogens with zero attached hydrogens (tertiary/aromatic N) is 2. The lowest BCUT2D eigenvalue weighted by Crippen LogP contribution is -2.19. The minimum Gasteiger partial charge on any atom is -0.486 e. The van der Waals surface area contributed by atoms with Crippen molar-refractivity contribution in [2.75, 3.05) is 6.61 Å². The molecule has 1 heterocycles. The first-order valence-electron chi connectivity index (χ1n) is 5.73. The van der Waals surface area contributed by atoms with Crippen molar-refractivity contribution in [1.82, 2.24) is 4.98 Å². The second-order valence-electron chi connectivity index (χ2n) is 3.96. The van der Waals surface area contributed by atoms with Crippen molar-refractivity contribution in [2.24, 2.45) is 0 Å². The van der Waals surface area contributed by atoms with Crippen LogP contribution in [-0.4, -0.2) is 17.4 Å². The highest BCUT2D eigenvalue weighted by molar-refractivity contribution is 7.09. The highest BCUT2D eigenvalue weighted by atomic mass is 32.1. The SMILES string of the molecule is Cc1csc([C@@H](C#N)C(=O)COc2ccccc2)n1. The number of carbonyl (C=O) groups excluding carboxylic acids is 1. The number of nitriles is 1. The van der Waals surface area contributed by atoms with Gasteiger partial charge in [-0.15, -0.1) is 11.3 Å². The van der Waals surface area contributed by atoms with Crippen LogP contribution in [0.1, 0.15) is 16.6 Å². The zero-order valence-electron chi connectivity index (χ0n) is 10.4. The van der Waals surface area contributed by atoms with Crippen LogP contribution in [-0.2, 0) is 4.79 Å². The van der Waals surface area contributed by atoms with Gasteiger partial charge < -0.3 is 4.74 Å².